The van der Waals surface area contributed by atoms with Gasteiger partial charge in [-0.15, -0.1) is 0 Å². The van der Waals surface area contributed by atoms with Crippen LogP contribution in [-0.2, 0) is 21.0 Å². The van der Waals surface area contributed by atoms with Gasteiger partial charge in [-0.25, -0.2) is 4.79 Å². The van der Waals surface area contributed by atoms with Gasteiger partial charge in [0.15, 0.2) is 0 Å². The standard InChI is InChI=1S/C25H24BrN3O4/c1-17(24(30)27-15-20-14-23(26)28-33-20)29(25(31)32-16-18-8-3-2-4-9-18)22-13-7-11-19-10-5-6-12-21(19)22/h2-14,17,20,28H,15-16H2,1H3,(H,27,30)/t17-,20?/m0/s1. The Hall–Kier alpha value is -3.36. The summed E-state index contributed by atoms with van der Waals surface area (Å²) in [6.45, 7) is 2.05. The van der Waals surface area contributed by atoms with E-state index >= 15 is 0 Å². The first-order chi connectivity index (χ1) is 16.0. The lowest BCUT2D eigenvalue weighted by Gasteiger charge is -2.29. The maximum absolute atomic E-state index is 13.3. The van der Waals surface area contributed by atoms with Gasteiger partial charge >= 0.3 is 6.09 Å². The number of rotatable bonds is 7. The van der Waals surface area contributed by atoms with Gasteiger partial charge < -0.3 is 10.1 Å². The van der Waals surface area contributed by atoms with Crippen molar-refractivity contribution in [2.24, 2.45) is 0 Å². The molecule has 3 aromatic rings. The van der Waals surface area contributed by atoms with E-state index in [1.165, 1.54) is 4.90 Å². The van der Waals surface area contributed by atoms with Gasteiger partial charge in [-0.3, -0.25) is 20.0 Å². The summed E-state index contributed by atoms with van der Waals surface area (Å²) in [4.78, 5) is 33.1. The maximum Gasteiger partial charge on any atom is 0.415 e. The zero-order valence-electron chi connectivity index (χ0n) is 18.0. The zero-order chi connectivity index (χ0) is 23.2. The fourth-order valence-corrected chi connectivity index (χ4v) is 3.99. The highest BCUT2D eigenvalue weighted by atomic mass is 79.9. The van der Waals surface area contributed by atoms with E-state index in [-0.39, 0.29) is 25.2 Å². The third-order valence-electron chi connectivity index (χ3n) is 5.31. The molecule has 170 valence electrons. The number of hydroxylamine groups is 1. The third-order valence-corrected chi connectivity index (χ3v) is 5.74. The molecule has 2 amide bonds. The number of nitrogens with one attached hydrogen (secondary N) is 2. The Bertz CT molecular complexity index is 1160. The second-order valence-corrected chi connectivity index (χ2v) is 8.46. The molecule has 1 unspecified atom stereocenters. The molecule has 0 fully saturated rings. The first-order valence-electron chi connectivity index (χ1n) is 10.6. The summed E-state index contributed by atoms with van der Waals surface area (Å²) in [5.74, 6) is -0.320. The number of amides is 2. The van der Waals surface area contributed by atoms with Crippen LogP contribution in [0.1, 0.15) is 12.5 Å². The van der Waals surface area contributed by atoms with Gasteiger partial charge in [-0.1, -0.05) is 66.7 Å². The second kappa shape index (κ2) is 10.5. The van der Waals surface area contributed by atoms with Crippen LogP contribution in [0.15, 0.2) is 83.5 Å². The Morgan fingerprint density at radius 1 is 1.09 bits per heavy atom. The molecule has 0 radical (unpaired) electrons. The summed E-state index contributed by atoms with van der Waals surface area (Å²) in [5.41, 5.74) is 4.16. The number of ether oxygens (including phenoxy) is 1. The fourth-order valence-electron chi connectivity index (χ4n) is 3.60. The van der Waals surface area contributed by atoms with E-state index in [0.717, 1.165) is 16.3 Å². The highest BCUT2D eigenvalue weighted by molar-refractivity contribution is 9.11. The largest absolute Gasteiger partial charge is 0.444 e. The molecule has 7 nitrogen and oxygen atoms in total. The molecule has 3 aromatic carbocycles. The quantitative estimate of drug-likeness (QED) is 0.454. The van der Waals surface area contributed by atoms with Crippen molar-refractivity contribution in [1.29, 1.82) is 0 Å². The molecular weight excluding hydrogens is 486 g/mol. The van der Waals surface area contributed by atoms with E-state index in [2.05, 4.69) is 26.7 Å². The first-order valence-corrected chi connectivity index (χ1v) is 11.4. The summed E-state index contributed by atoms with van der Waals surface area (Å²) in [7, 11) is 0. The number of anilines is 1. The molecule has 8 heteroatoms. The number of carbonyl (C=O) groups is 2. The number of benzene rings is 3. The minimum Gasteiger partial charge on any atom is -0.444 e. The zero-order valence-corrected chi connectivity index (χ0v) is 19.6. The van der Waals surface area contributed by atoms with Crippen LogP contribution in [0.4, 0.5) is 10.5 Å². The van der Waals surface area contributed by atoms with Crippen LogP contribution in [0.2, 0.25) is 0 Å². The fraction of sp³-hybridized carbons (Fsp3) is 0.200. The van der Waals surface area contributed by atoms with Crippen LogP contribution < -0.4 is 15.7 Å². The predicted molar refractivity (Wildman–Crippen MR) is 131 cm³/mol. The van der Waals surface area contributed by atoms with Gasteiger partial charge in [0, 0.05) is 5.39 Å². The van der Waals surface area contributed by atoms with Crippen LogP contribution in [0.3, 0.4) is 0 Å². The molecule has 1 aliphatic heterocycles. The summed E-state index contributed by atoms with van der Waals surface area (Å²) in [5, 5.41) is 4.67. The summed E-state index contributed by atoms with van der Waals surface area (Å²) >= 11 is 3.29. The molecule has 0 saturated carbocycles. The Kier molecular flexibility index (Phi) is 7.26. The summed E-state index contributed by atoms with van der Waals surface area (Å²) < 4.78 is 6.32. The molecule has 2 atom stereocenters. The Labute approximate surface area is 200 Å². The first kappa shape index (κ1) is 22.8. The van der Waals surface area contributed by atoms with Crippen LogP contribution >= 0.6 is 15.9 Å². The molecule has 1 aliphatic rings. The molecule has 0 bridgehead atoms. The SMILES string of the molecule is C[C@@H](C(=O)NCC1C=C(Br)NO1)N(C(=O)OCc1ccccc1)c1cccc2ccccc12. The molecule has 1 heterocycles. The minimum absolute atomic E-state index is 0.107. The van der Waals surface area contributed by atoms with Crippen LogP contribution in [-0.4, -0.2) is 30.7 Å². The van der Waals surface area contributed by atoms with Gasteiger partial charge in [0.1, 0.15) is 23.4 Å². The van der Waals surface area contributed by atoms with E-state index in [1.807, 2.05) is 78.9 Å². The minimum atomic E-state index is -0.819. The van der Waals surface area contributed by atoms with E-state index in [9.17, 15) is 9.59 Å². The Balaban J connectivity index is 1.57. The van der Waals surface area contributed by atoms with Crippen molar-refractivity contribution >= 4 is 44.4 Å². The summed E-state index contributed by atoms with van der Waals surface area (Å²) in [6.07, 6.45) is 0.896. The normalized spacial score (nSPS) is 15.9. The van der Waals surface area contributed by atoms with Crippen molar-refractivity contribution in [2.45, 2.75) is 25.7 Å². The molecule has 0 saturated heterocycles. The lowest BCUT2D eigenvalue weighted by atomic mass is 10.1. The van der Waals surface area contributed by atoms with Crippen LogP contribution in [0, 0.1) is 0 Å². The molecule has 4 rings (SSSR count). The van der Waals surface area contributed by atoms with Crippen molar-refractivity contribution in [3.05, 3.63) is 89.0 Å². The molecule has 33 heavy (non-hydrogen) atoms. The third kappa shape index (κ3) is 5.53. The lowest BCUT2D eigenvalue weighted by molar-refractivity contribution is -0.122. The van der Waals surface area contributed by atoms with Crippen LogP contribution in [0.25, 0.3) is 10.8 Å². The molecule has 0 aromatic heterocycles. The van der Waals surface area contributed by atoms with Crippen molar-refractivity contribution in [3.8, 4) is 0 Å². The smallest absolute Gasteiger partial charge is 0.415 e. The van der Waals surface area contributed by atoms with Gasteiger partial charge in [-0.2, -0.15) is 0 Å². The number of hydrogen-bond donors (Lipinski definition) is 2. The Morgan fingerprint density at radius 3 is 2.58 bits per heavy atom. The van der Waals surface area contributed by atoms with E-state index < -0.39 is 12.1 Å². The average molecular weight is 510 g/mol. The van der Waals surface area contributed by atoms with Gasteiger partial charge in [-0.05, 0) is 45.9 Å². The number of carbonyl (C=O) groups excluding carboxylic acids is 2. The molecule has 0 aliphatic carbocycles. The molecule has 0 spiro atoms. The highest BCUT2D eigenvalue weighted by Crippen LogP contribution is 2.29. The van der Waals surface area contributed by atoms with E-state index in [4.69, 9.17) is 9.57 Å². The molecule has 2 N–H and O–H groups in total. The second-order valence-electron chi connectivity index (χ2n) is 7.60. The van der Waals surface area contributed by atoms with Crippen molar-refractivity contribution in [1.82, 2.24) is 10.8 Å². The van der Waals surface area contributed by atoms with Gasteiger partial charge in [0.2, 0.25) is 5.91 Å². The number of halogens is 1. The molecular formula is C25H24BrN3O4. The van der Waals surface area contributed by atoms with Gasteiger partial charge in [0.05, 0.1) is 12.2 Å². The van der Waals surface area contributed by atoms with Crippen molar-refractivity contribution < 1.29 is 19.2 Å². The Morgan fingerprint density at radius 2 is 1.82 bits per heavy atom. The summed E-state index contributed by atoms with van der Waals surface area (Å²) in [6, 6.07) is 22.0. The van der Waals surface area contributed by atoms with Crippen molar-refractivity contribution in [2.75, 3.05) is 11.4 Å². The number of nitrogens with zero attached hydrogens (tertiary/aromatic N) is 1. The number of hydrogen-bond acceptors (Lipinski definition) is 5. The van der Waals surface area contributed by atoms with Crippen molar-refractivity contribution in [3.63, 3.8) is 0 Å². The predicted octanol–water partition coefficient (Wildman–Crippen LogP) is 4.63. The number of fused-ring (bicyclic) bond motifs is 1. The maximum atomic E-state index is 13.3. The van der Waals surface area contributed by atoms with E-state index in [0.29, 0.717) is 10.3 Å². The monoisotopic (exact) mass is 509 g/mol. The van der Waals surface area contributed by atoms with Gasteiger partial charge in [0.25, 0.3) is 0 Å². The van der Waals surface area contributed by atoms with E-state index in [1.54, 1.807) is 6.92 Å². The highest BCUT2D eigenvalue weighted by Gasteiger charge is 2.30. The lowest BCUT2D eigenvalue weighted by Crippen LogP contribution is -2.49. The van der Waals surface area contributed by atoms with Crippen LogP contribution in [0.5, 0.6) is 0 Å². The topological polar surface area (TPSA) is 79.9 Å². The average Bonchev–Trinajstić information content (AvgIpc) is 3.27.